The number of benzene rings is 8. The standard InChI is InChI=1S/C29H16ClF6NO4S.C22H10BrF6NO4S.C7H7BClO2/c1-13-9-15(3-6-19(13)30)18-10-14(2)22(12-20(18)31)37-21-7-5-17(11-16(21)4-8-23(37)38)42(39,40)41-29-27(35)25(33)24(32)26(34)28(29)36;1-9-6-12(23)13(24)8-15(9)30-14-4-3-11(7-10(14)2-5-16(30)31)35(32,33)34-22-20(28)18(26)17(25)19(27)21(22)29;1-5-4-6(11-8-10)2-3-7(5)9/h3-12H,1-2H3;2-8H,1H3;2-4,10H,1H3. The molecule has 88 heavy (non-hydrogen) atoms. The molecule has 0 saturated heterocycles. The zero-order valence-electron chi connectivity index (χ0n) is 44.6. The first kappa shape index (κ1) is 65.7. The Labute approximate surface area is 508 Å². The first-order valence-corrected chi connectivity index (χ1v) is 28.8. The number of fused-ring (bicyclic) bond motifs is 2. The average molecular weight is 1370 g/mol. The van der Waals surface area contributed by atoms with E-state index in [9.17, 15) is 74.7 Å². The van der Waals surface area contributed by atoms with Crippen LogP contribution in [0.15, 0.2) is 145 Å². The number of hydrogen-bond donors (Lipinski definition) is 1. The SMILES string of the molecule is Cc1cc(-c2cc(C)c(-n3c(=O)ccc4cc(S(=O)(=O)Oc5c(F)c(F)c(F)c(F)c5F)ccc43)cc2F)ccc1Cl.Cc1cc(Br)c(F)cc1-n1c(=O)ccc2cc(S(=O)(=O)Oc3c(F)c(F)c(F)c(F)c3F)ccc21.Cc1cc(O[B]O)ccc1Cl. The van der Waals surface area contributed by atoms with Crippen LogP contribution in [0.5, 0.6) is 17.2 Å². The van der Waals surface area contributed by atoms with E-state index >= 15 is 4.39 Å². The number of aromatic nitrogens is 2. The molecule has 0 aliphatic rings. The summed E-state index contributed by atoms with van der Waals surface area (Å²) in [5.41, 5.74) is 2.85. The molecule has 0 fully saturated rings. The molecule has 1 N–H and O–H groups in total. The molecule has 0 atom stereocenters. The molecule has 0 bridgehead atoms. The Morgan fingerprint density at radius 2 is 0.852 bits per heavy atom. The number of hydrogen-bond acceptors (Lipinski definition) is 10. The van der Waals surface area contributed by atoms with E-state index in [0.29, 0.717) is 40.2 Å². The van der Waals surface area contributed by atoms with E-state index in [1.54, 1.807) is 57.2 Å². The van der Waals surface area contributed by atoms with Gasteiger partial charge >= 0.3 is 27.9 Å². The van der Waals surface area contributed by atoms with Crippen molar-refractivity contribution in [3.8, 4) is 39.8 Å². The first-order valence-electron chi connectivity index (χ1n) is 24.4. The summed E-state index contributed by atoms with van der Waals surface area (Å²) in [4.78, 5) is 24.1. The highest BCUT2D eigenvalue weighted by Gasteiger charge is 2.33. The Hall–Kier alpha value is -8.28. The summed E-state index contributed by atoms with van der Waals surface area (Å²) in [5, 5.41) is 9.70. The van der Waals surface area contributed by atoms with Gasteiger partial charge < -0.3 is 18.0 Å². The van der Waals surface area contributed by atoms with Gasteiger partial charge in [0.25, 0.3) is 11.1 Å². The van der Waals surface area contributed by atoms with Gasteiger partial charge in [-0.3, -0.25) is 18.7 Å². The van der Waals surface area contributed by atoms with Crippen LogP contribution in [0, 0.1) is 97.5 Å². The van der Waals surface area contributed by atoms with E-state index < -0.39 is 122 Å². The molecule has 1 radical (unpaired) electrons. The van der Waals surface area contributed by atoms with Crippen molar-refractivity contribution < 1.29 is 87.6 Å². The van der Waals surface area contributed by atoms with Crippen LogP contribution in [0.1, 0.15) is 22.3 Å². The topological polar surface area (TPSA) is 160 Å². The Bertz CT molecular complexity index is 4840. The van der Waals surface area contributed by atoms with Crippen LogP contribution in [-0.2, 0) is 20.2 Å². The fourth-order valence-corrected chi connectivity index (χ4v) is 11.1. The molecule has 10 aromatic rings. The molecule has 0 aliphatic carbocycles. The zero-order chi connectivity index (χ0) is 64.8. The van der Waals surface area contributed by atoms with E-state index in [1.807, 2.05) is 6.92 Å². The van der Waals surface area contributed by atoms with Gasteiger partial charge in [-0.25, -0.2) is 35.1 Å². The zero-order valence-corrected chi connectivity index (χ0v) is 49.4. The van der Waals surface area contributed by atoms with E-state index in [2.05, 4.69) is 24.3 Å². The van der Waals surface area contributed by atoms with Gasteiger partial charge in [0.15, 0.2) is 0 Å². The van der Waals surface area contributed by atoms with Crippen molar-refractivity contribution in [3.05, 3.63) is 249 Å². The van der Waals surface area contributed by atoms with Gasteiger partial charge in [0.05, 0.1) is 26.9 Å². The molecule has 2 aromatic heterocycles. The molecular weight excluding hydrogens is 1340 g/mol. The second kappa shape index (κ2) is 25.8. The van der Waals surface area contributed by atoms with Crippen LogP contribution in [0.3, 0.4) is 0 Å². The molecule has 0 amide bonds. The van der Waals surface area contributed by atoms with E-state index in [1.165, 1.54) is 24.3 Å². The summed E-state index contributed by atoms with van der Waals surface area (Å²) < 4.78 is 232. The van der Waals surface area contributed by atoms with Crippen molar-refractivity contribution in [2.75, 3.05) is 0 Å². The minimum atomic E-state index is -5.13. The lowest BCUT2D eigenvalue weighted by molar-refractivity contribution is 0.346. The number of pyridine rings is 2. The Balaban J connectivity index is 0.000000196. The molecule has 30 heteroatoms. The smallest absolute Gasteiger partial charge is 0.537 e. The summed E-state index contributed by atoms with van der Waals surface area (Å²) in [6.45, 7) is 6.89. The molecular formula is C58H33BBrCl2F12N2O10S2. The van der Waals surface area contributed by atoms with Gasteiger partial charge in [-0.15, -0.1) is 0 Å². The third kappa shape index (κ3) is 13.1. The number of halogens is 15. The van der Waals surface area contributed by atoms with E-state index in [0.717, 1.165) is 80.9 Å². The highest BCUT2D eigenvalue weighted by Crippen LogP contribution is 2.36. The number of nitrogens with zero attached hydrogens (tertiary/aromatic N) is 2. The summed E-state index contributed by atoms with van der Waals surface area (Å²) >= 11 is 14.9. The van der Waals surface area contributed by atoms with Gasteiger partial charge in [0, 0.05) is 38.5 Å². The molecule has 12 nitrogen and oxygen atoms in total. The largest absolute Gasteiger partial charge is 0.569 e. The molecule has 0 aliphatic heterocycles. The Kier molecular flexibility index (Phi) is 19.3. The van der Waals surface area contributed by atoms with Crippen LogP contribution in [0.4, 0.5) is 52.7 Å². The normalized spacial score (nSPS) is 11.5. The fraction of sp³-hybridized carbons (Fsp3) is 0.0690. The summed E-state index contributed by atoms with van der Waals surface area (Å²) in [6.07, 6.45) is 0. The highest BCUT2D eigenvalue weighted by atomic mass is 79.9. The fourth-order valence-electron chi connectivity index (χ4n) is 8.46. The predicted octanol–water partition coefficient (Wildman–Crippen LogP) is 14.7. The lowest BCUT2D eigenvalue weighted by Crippen LogP contribution is -2.19. The molecule has 455 valence electrons. The summed E-state index contributed by atoms with van der Waals surface area (Å²) in [7, 11) is -9.59. The van der Waals surface area contributed by atoms with E-state index in [-0.39, 0.29) is 43.2 Å². The second-order valence-corrected chi connectivity index (χ2v) is 23.4. The summed E-state index contributed by atoms with van der Waals surface area (Å²) in [6, 6.07) is 26.0. The van der Waals surface area contributed by atoms with Gasteiger partial charge in [0.2, 0.25) is 69.7 Å². The highest BCUT2D eigenvalue weighted by molar-refractivity contribution is 9.10. The minimum absolute atomic E-state index is 0.0916. The van der Waals surface area contributed by atoms with Crippen molar-refractivity contribution >= 4 is 88.9 Å². The van der Waals surface area contributed by atoms with Crippen LogP contribution in [0.25, 0.3) is 44.3 Å². The predicted molar refractivity (Wildman–Crippen MR) is 304 cm³/mol. The first-order chi connectivity index (χ1) is 41.3. The van der Waals surface area contributed by atoms with Crippen LogP contribution in [0.2, 0.25) is 10.0 Å². The van der Waals surface area contributed by atoms with E-state index in [4.69, 9.17) is 32.9 Å². The molecule has 0 saturated carbocycles. The second-order valence-electron chi connectivity index (χ2n) is 18.6. The lowest BCUT2D eigenvalue weighted by Gasteiger charge is -2.16. The molecule has 0 spiro atoms. The van der Waals surface area contributed by atoms with Crippen LogP contribution in [-0.4, -0.2) is 38.7 Å². The summed E-state index contributed by atoms with van der Waals surface area (Å²) in [5.74, 6) is -29.1. The maximum absolute atomic E-state index is 15.4. The molecule has 0 unspecified atom stereocenters. The monoisotopic (exact) mass is 1370 g/mol. The Morgan fingerprint density at radius 3 is 1.27 bits per heavy atom. The van der Waals surface area contributed by atoms with Crippen molar-refractivity contribution in [1.29, 1.82) is 0 Å². The average Bonchev–Trinajstić information content (AvgIpc) is 0.929. The Morgan fingerprint density at radius 1 is 0.455 bits per heavy atom. The van der Waals surface area contributed by atoms with Gasteiger partial charge in [-0.1, -0.05) is 29.3 Å². The third-order valence-corrected chi connectivity index (χ3v) is 16.7. The quantitative estimate of drug-likeness (QED) is 0.0434. The van der Waals surface area contributed by atoms with Gasteiger partial charge in [-0.05, 0) is 175 Å². The molecule has 8 aromatic carbocycles. The lowest BCUT2D eigenvalue weighted by atomic mass is 9.99. The molecule has 2 heterocycles. The van der Waals surface area contributed by atoms with Crippen LogP contribution < -0.4 is 24.1 Å². The number of rotatable bonds is 11. The maximum Gasteiger partial charge on any atom is 0.569 e. The van der Waals surface area contributed by atoms with Crippen LogP contribution >= 0.6 is 39.1 Å². The van der Waals surface area contributed by atoms with Crippen molar-refractivity contribution in [2.45, 2.75) is 37.5 Å². The third-order valence-electron chi connectivity index (χ3n) is 12.8. The minimum Gasteiger partial charge on any atom is -0.537 e. The maximum atomic E-state index is 15.4. The van der Waals surface area contributed by atoms with Crippen molar-refractivity contribution in [3.63, 3.8) is 0 Å². The van der Waals surface area contributed by atoms with Crippen molar-refractivity contribution in [1.82, 2.24) is 9.13 Å². The van der Waals surface area contributed by atoms with Gasteiger partial charge in [0.1, 0.15) is 27.2 Å². The van der Waals surface area contributed by atoms with Crippen molar-refractivity contribution in [2.24, 2.45) is 0 Å². The molecule has 10 rings (SSSR count). The van der Waals surface area contributed by atoms with Gasteiger partial charge in [-0.2, -0.15) is 34.4 Å². The number of aryl methyl sites for hydroxylation is 4.